The Kier molecular flexibility index (Phi) is 5.29. The number of benzene rings is 2. The van der Waals surface area contributed by atoms with Crippen LogP contribution in [0.15, 0.2) is 55.2 Å². The molecule has 0 radical (unpaired) electrons. The van der Waals surface area contributed by atoms with Crippen molar-refractivity contribution in [1.82, 2.24) is 14.8 Å². The number of primary amides is 1. The Labute approximate surface area is 177 Å². The van der Waals surface area contributed by atoms with Gasteiger partial charge in [0.15, 0.2) is 0 Å². The minimum absolute atomic E-state index is 0.0794. The minimum Gasteiger partial charge on any atom is -0.366 e. The molecule has 0 saturated carbocycles. The summed E-state index contributed by atoms with van der Waals surface area (Å²) >= 11 is 0. The Morgan fingerprint density at radius 1 is 0.935 bits per heavy atom. The van der Waals surface area contributed by atoms with Gasteiger partial charge in [-0.3, -0.25) is 14.4 Å². The van der Waals surface area contributed by atoms with Crippen molar-refractivity contribution in [1.29, 1.82) is 0 Å². The summed E-state index contributed by atoms with van der Waals surface area (Å²) in [7, 11) is 0. The molecule has 1 aliphatic rings. The molecule has 4 rings (SSSR count). The van der Waals surface area contributed by atoms with Crippen LogP contribution in [0.4, 0.5) is 4.39 Å². The van der Waals surface area contributed by atoms with Crippen LogP contribution in [-0.4, -0.2) is 58.7 Å². The lowest BCUT2D eigenvalue weighted by molar-refractivity contribution is -0.126. The van der Waals surface area contributed by atoms with Gasteiger partial charge in [0, 0.05) is 54.5 Å². The number of carbonyl (C=O) groups excluding carboxylic acids is 3. The number of piperazine rings is 1. The summed E-state index contributed by atoms with van der Waals surface area (Å²) in [4.78, 5) is 43.3. The van der Waals surface area contributed by atoms with E-state index in [4.69, 9.17) is 5.73 Å². The molecule has 0 bridgehead atoms. The number of rotatable bonds is 4. The van der Waals surface area contributed by atoms with Crippen LogP contribution in [0.25, 0.3) is 16.5 Å². The third kappa shape index (κ3) is 3.68. The third-order valence-electron chi connectivity index (χ3n) is 5.51. The highest BCUT2D eigenvalue weighted by Gasteiger charge is 2.28. The second-order valence-corrected chi connectivity index (χ2v) is 7.34. The Hall–Kier alpha value is -3.94. The van der Waals surface area contributed by atoms with E-state index in [-0.39, 0.29) is 39.4 Å². The fourth-order valence-corrected chi connectivity index (χ4v) is 3.83. The van der Waals surface area contributed by atoms with Gasteiger partial charge in [0.1, 0.15) is 5.82 Å². The minimum atomic E-state index is -0.699. The number of fused-ring (bicyclic) bond motifs is 1. The molecule has 1 aromatic heterocycles. The molecule has 0 atom stereocenters. The number of aromatic nitrogens is 1. The molecule has 3 N–H and O–H groups in total. The van der Waals surface area contributed by atoms with Crippen molar-refractivity contribution >= 4 is 34.2 Å². The Balaban J connectivity index is 1.50. The number of carbonyl (C=O) groups is 3. The molecule has 0 aliphatic carbocycles. The summed E-state index contributed by atoms with van der Waals surface area (Å²) in [5.74, 6) is -1.71. The Morgan fingerprint density at radius 2 is 1.58 bits per heavy atom. The molecule has 2 aromatic carbocycles. The number of hydrogen-bond donors (Lipinski definition) is 2. The van der Waals surface area contributed by atoms with E-state index in [1.165, 1.54) is 12.3 Å². The first-order chi connectivity index (χ1) is 14.9. The summed E-state index contributed by atoms with van der Waals surface area (Å²) in [6.45, 7) is 5.33. The predicted octanol–water partition coefficient (Wildman–Crippen LogP) is 2.40. The van der Waals surface area contributed by atoms with Crippen molar-refractivity contribution in [2.75, 3.05) is 26.2 Å². The molecule has 2 heterocycles. The van der Waals surface area contributed by atoms with E-state index in [1.54, 1.807) is 34.1 Å². The summed E-state index contributed by atoms with van der Waals surface area (Å²) in [6.07, 6.45) is 1.45. The standard InChI is InChI=1S/C23H21FN4O3/c1-14(17-13-26-20-16(21(25)29)7-8-18(24)19(17)20)22(30)27-9-11-28(12-10-27)23(31)15-5-3-2-4-6-15/h2-8,13,26H,1,9-12H2,(H2,25,29). The molecule has 3 aromatic rings. The fraction of sp³-hybridized carbons (Fsp3) is 0.174. The van der Waals surface area contributed by atoms with E-state index in [1.807, 2.05) is 6.07 Å². The normalized spacial score (nSPS) is 14.0. The van der Waals surface area contributed by atoms with E-state index < -0.39 is 11.7 Å². The van der Waals surface area contributed by atoms with E-state index in [0.717, 1.165) is 6.07 Å². The van der Waals surface area contributed by atoms with Gasteiger partial charge < -0.3 is 20.5 Å². The average Bonchev–Trinajstić information content (AvgIpc) is 3.24. The highest BCUT2D eigenvalue weighted by Crippen LogP contribution is 2.30. The lowest BCUT2D eigenvalue weighted by Crippen LogP contribution is -2.50. The number of nitrogens with one attached hydrogen (secondary N) is 1. The second-order valence-electron chi connectivity index (χ2n) is 7.34. The van der Waals surface area contributed by atoms with E-state index in [0.29, 0.717) is 31.7 Å². The van der Waals surface area contributed by atoms with Gasteiger partial charge in [0.05, 0.1) is 11.1 Å². The molecule has 1 saturated heterocycles. The molecule has 158 valence electrons. The van der Waals surface area contributed by atoms with Crippen molar-refractivity contribution < 1.29 is 18.8 Å². The zero-order chi connectivity index (χ0) is 22.1. The smallest absolute Gasteiger partial charge is 0.254 e. The number of H-pyrrole nitrogens is 1. The Morgan fingerprint density at radius 3 is 2.23 bits per heavy atom. The van der Waals surface area contributed by atoms with Gasteiger partial charge in [-0.15, -0.1) is 0 Å². The molecule has 1 fully saturated rings. The quantitative estimate of drug-likeness (QED) is 0.634. The topological polar surface area (TPSA) is 99.5 Å². The first-order valence-electron chi connectivity index (χ1n) is 9.80. The maximum Gasteiger partial charge on any atom is 0.254 e. The van der Waals surface area contributed by atoms with Gasteiger partial charge in [-0.2, -0.15) is 0 Å². The number of nitrogens with two attached hydrogens (primary N) is 1. The zero-order valence-electron chi connectivity index (χ0n) is 16.7. The highest BCUT2D eigenvalue weighted by atomic mass is 19.1. The molecule has 3 amide bonds. The second kappa shape index (κ2) is 8.06. The summed E-state index contributed by atoms with van der Waals surface area (Å²) in [5.41, 5.74) is 6.72. The highest BCUT2D eigenvalue weighted by molar-refractivity contribution is 6.23. The van der Waals surface area contributed by atoms with Gasteiger partial charge in [0.25, 0.3) is 17.7 Å². The largest absolute Gasteiger partial charge is 0.366 e. The van der Waals surface area contributed by atoms with Crippen molar-refractivity contribution in [3.8, 4) is 0 Å². The lowest BCUT2D eigenvalue weighted by atomic mass is 10.0. The number of amides is 3. The summed E-state index contributed by atoms with van der Waals surface area (Å²) in [5, 5.41) is 0.104. The Bertz CT molecular complexity index is 1190. The van der Waals surface area contributed by atoms with Crippen LogP contribution in [-0.2, 0) is 4.79 Å². The SMILES string of the molecule is C=C(C(=O)N1CCN(C(=O)c2ccccc2)CC1)c1c[nH]c2c(C(N)=O)ccc(F)c12. The van der Waals surface area contributed by atoms with Crippen LogP contribution in [0, 0.1) is 5.82 Å². The van der Waals surface area contributed by atoms with E-state index in [9.17, 15) is 18.8 Å². The lowest BCUT2D eigenvalue weighted by Gasteiger charge is -2.35. The van der Waals surface area contributed by atoms with Crippen molar-refractivity contribution in [2.24, 2.45) is 5.73 Å². The monoisotopic (exact) mass is 420 g/mol. The van der Waals surface area contributed by atoms with Crippen molar-refractivity contribution in [3.05, 3.63) is 77.7 Å². The van der Waals surface area contributed by atoms with Crippen LogP contribution >= 0.6 is 0 Å². The molecule has 0 unspecified atom stereocenters. The summed E-state index contributed by atoms with van der Waals surface area (Å²) in [6, 6.07) is 11.4. The first kappa shape index (κ1) is 20.3. The van der Waals surface area contributed by atoms with Crippen molar-refractivity contribution in [3.63, 3.8) is 0 Å². The third-order valence-corrected chi connectivity index (χ3v) is 5.51. The number of hydrogen-bond acceptors (Lipinski definition) is 3. The van der Waals surface area contributed by atoms with Crippen molar-refractivity contribution in [2.45, 2.75) is 0 Å². The van der Waals surface area contributed by atoms with Crippen LogP contribution in [0.5, 0.6) is 0 Å². The molecule has 8 heteroatoms. The molecule has 31 heavy (non-hydrogen) atoms. The van der Waals surface area contributed by atoms with Gasteiger partial charge in [-0.05, 0) is 24.3 Å². The average molecular weight is 420 g/mol. The van der Waals surface area contributed by atoms with E-state index >= 15 is 0 Å². The van der Waals surface area contributed by atoms with Crippen LogP contribution < -0.4 is 5.73 Å². The van der Waals surface area contributed by atoms with Gasteiger partial charge >= 0.3 is 0 Å². The first-order valence-corrected chi connectivity index (χ1v) is 9.80. The molecule has 7 nitrogen and oxygen atoms in total. The van der Waals surface area contributed by atoms with Gasteiger partial charge in [0.2, 0.25) is 0 Å². The van der Waals surface area contributed by atoms with E-state index in [2.05, 4.69) is 11.6 Å². The van der Waals surface area contributed by atoms with Crippen LogP contribution in [0.2, 0.25) is 0 Å². The fourth-order valence-electron chi connectivity index (χ4n) is 3.83. The van der Waals surface area contributed by atoms with Gasteiger partial charge in [-0.1, -0.05) is 24.8 Å². The number of halogens is 1. The maximum atomic E-state index is 14.5. The zero-order valence-corrected chi connectivity index (χ0v) is 16.7. The van der Waals surface area contributed by atoms with Crippen LogP contribution in [0.3, 0.4) is 0 Å². The predicted molar refractivity (Wildman–Crippen MR) is 115 cm³/mol. The summed E-state index contributed by atoms with van der Waals surface area (Å²) < 4.78 is 14.5. The number of aromatic amines is 1. The molecular formula is C23H21FN4O3. The number of nitrogens with zero attached hydrogens (tertiary/aromatic N) is 2. The maximum absolute atomic E-state index is 14.5. The van der Waals surface area contributed by atoms with Gasteiger partial charge in [-0.25, -0.2) is 4.39 Å². The molecular weight excluding hydrogens is 399 g/mol. The molecule has 1 aliphatic heterocycles. The molecule has 0 spiro atoms. The van der Waals surface area contributed by atoms with Crippen LogP contribution in [0.1, 0.15) is 26.3 Å².